The fraction of sp³-hybridized carbons (Fsp3) is 0. The Labute approximate surface area is 137 Å². The van der Waals surface area contributed by atoms with Crippen molar-refractivity contribution in [3.63, 3.8) is 0 Å². The van der Waals surface area contributed by atoms with Crippen LogP contribution >= 0.6 is 0 Å². The van der Waals surface area contributed by atoms with Gasteiger partial charge in [-0.15, -0.1) is 0 Å². The molecule has 0 radical (unpaired) electrons. The number of benzene rings is 2. The average molecular weight is 324 g/mol. The van der Waals surface area contributed by atoms with Crippen molar-refractivity contribution in [1.29, 1.82) is 0 Å². The SMILES string of the molecule is O=C(N/N=C\c1ccc(-c2ccccc2F)o1)c1ccc(O)cc1. The fourth-order valence-corrected chi connectivity index (χ4v) is 2.06. The summed E-state index contributed by atoms with van der Waals surface area (Å²) in [4.78, 5) is 11.8. The second-order valence-corrected chi connectivity index (χ2v) is 4.93. The molecule has 3 aromatic rings. The minimum Gasteiger partial charge on any atom is -0.508 e. The molecule has 1 heterocycles. The van der Waals surface area contributed by atoms with Crippen LogP contribution in [0.5, 0.6) is 5.75 Å². The largest absolute Gasteiger partial charge is 0.508 e. The molecule has 0 aliphatic carbocycles. The Hall–Kier alpha value is -3.41. The molecule has 0 atom stereocenters. The molecule has 0 aliphatic rings. The van der Waals surface area contributed by atoms with Gasteiger partial charge in [-0.3, -0.25) is 4.79 Å². The molecule has 24 heavy (non-hydrogen) atoms. The zero-order valence-corrected chi connectivity index (χ0v) is 12.4. The number of carbonyl (C=O) groups excluding carboxylic acids is 1. The van der Waals surface area contributed by atoms with Gasteiger partial charge in [-0.2, -0.15) is 5.10 Å². The van der Waals surface area contributed by atoms with E-state index in [9.17, 15) is 14.3 Å². The number of furan rings is 1. The van der Waals surface area contributed by atoms with Gasteiger partial charge < -0.3 is 9.52 Å². The highest BCUT2D eigenvalue weighted by atomic mass is 19.1. The van der Waals surface area contributed by atoms with Crippen LogP contribution in [0.4, 0.5) is 4.39 Å². The molecule has 0 saturated carbocycles. The number of amides is 1. The molecular formula is C18H13FN2O3. The number of carbonyl (C=O) groups is 1. The highest BCUT2D eigenvalue weighted by molar-refractivity contribution is 5.94. The Bertz CT molecular complexity index is 885. The number of hydrogen-bond acceptors (Lipinski definition) is 4. The predicted octanol–water partition coefficient (Wildman–Crippen LogP) is 3.56. The first kappa shape index (κ1) is 15.5. The summed E-state index contributed by atoms with van der Waals surface area (Å²) >= 11 is 0. The van der Waals surface area contributed by atoms with Crippen LogP contribution in [0.15, 0.2) is 70.2 Å². The molecule has 1 aromatic heterocycles. The van der Waals surface area contributed by atoms with Crippen LogP contribution < -0.4 is 5.43 Å². The zero-order valence-electron chi connectivity index (χ0n) is 12.4. The van der Waals surface area contributed by atoms with Crippen molar-refractivity contribution in [2.24, 2.45) is 5.10 Å². The molecule has 1 amide bonds. The first-order valence-corrected chi connectivity index (χ1v) is 7.10. The molecule has 3 rings (SSSR count). The minimum atomic E-state index is -0.424. The maximum absolute atomic E-state index is 13.7. The molecule has 2 aromatic carbocycles. The first-order chi connectivity index (χ1) is 11.6. The van der Waals surface area contributed by atoms with E-state index < -0.39 is 5.91 Å². The Morgan fingerprint density at radius 1 is 1.08 bits per heavy atom. The summed E-state index contributed by atoms with van der Waals surface area (Å²) in [6, 6.07) is 15.3. The second-order valence-electron chi connectivity index (χ2n) is 4.93. The summed E-state index contributed by atoms with van der Waals surface area (Å²) in [6.45, 7) is 0. The Balaban J connectivity index is 1.66. The third-order valence-electron chi connectivity index (χ3n) is 3.25. The summed E-state index contributed by atoms with van der Waals surface area (Å²) in [6.07, 6.45) is 1.32. The van der Waals surface area contributed by atoms with Gasteiger partial charge in [0, 0.05) is 5.56 Å². The molecule has 2 N–H and O–H groups in total. The van der Waals surface area contributed by atoms with Crippen molar-refractivity contribution in [1.82, 2.24) is 5.43 Å². The molecule has 5 nitrogen and oxygen atoms in total. The quantitative estimate of drug-likeness (QED) is 0.569. The number of aromatic hydroxyl groups is 1. The second kappa shape index (κ2) is 6.78. The Morgan fingerprint density at radius 2 is 1.83 bits per heavy atom. The topological polar surface area (TPSA) is 74.8 Å². The number of hydrazone groups is 1. The van der Waals surface area contributed by atoms with E-state index in [2.05, 4.69) is 10.5 Å². The molecule has 0 fully saturated rings. The number of hydrogen-bond donors (Lipinski definition) is 2. The highest BCUT2D eigenvalue weighted by Crippen LogP contribution is 2.24. The minimum absolute atomic E-state index is 0.0753. The molecule has 0 spiro atoms. The number of phenols is 1. The van der Waals surface area contributed by atoms with Gasteiger partial charge in [-0.25, -0.2) is 9.82 Å². The van der Waals surface area contributed by atoms with E-state index in [-0.39, 0.29) is 11.6 Å². The van der Waals surface area contributed by atoms with E-state index in [1.165, 1.54) is 36.5 Å². The lowest BCUT2D eigenvalue weighted by Gasteiger charge is -1.99. The smallest absolute Gasteiger partial charge is 0.271 e. The molecular weight excluding hydrogens is 311 g/mol. The number of nitrogens with one attached hydrogen (secondary N) is 1. The van der Waals surface area contributed by atoms with Gasteiger partial charge in [-0.05, 0) is 48.5 Å². The van der Waals surface area contributed by atoms with Crippen LogP contribution in [-0.4, -0.2) is 17.2 Å². The molecule has 120 valence electrons. The van der Waals surface area contributed by atoms with Gasteiger partial charge in [0.05, 0.1) is 11.8 Å². The zero-order chi connectivity index (χ0) is 16.9. The van der Waals surface area contributed by atoms with E-state index in [0.717, 1.165) is 0 Å². The van der Waals surface area contributed by atoms with Crippen molar-refractivity contribution in [3.05, 3.63) is 77.8 Å². The van der Waals surface area contributed by atoms with E-state index in [1.54, 1.807) is 30.3 Å². The molecule has 0 aliphatic heterocycles. The number of rotatable bonds is 4. The van der Waals surface area contributed by atoms with Crippen molar-refractivity contribution in [2.45, 2.75) is 0 Å². The van der Waals surface area contributed by atoms with Crippen LogP contribution in [0.3, 0.4) is 0 Å². The van der Waals surface area contributed by atoms with Crippen LogP contribution in [-0.2, 0) is 0 Å². The average Bonchev–Trinajstić information content (AvgIpc) is 3.04. The van der Waals surface area contributed by atoms with Crippen LogP contribution in [0.2, 0.25) is 0 Å². The Morgan fingerprint density at radius 3 is 2.58 bits per heavy atom. The van der Waals surface area contributed by atoms with Crippen molar-refractivity contribution < 1.29 is 18.7 Å². The lowest BCUT2D eigenvalue weighted by Crippen LogP contribution is -2.17. The lowest BCUT2D eigenvalue weighted by atomic mass is 10.1. The van der Waals surface area contributed by atoms with Gasteiger partial charge in [0.1, 0.15) is 23.1 Å². The summed E-state index contributed by atoms with van der Waals surface area (Å²) in [5.41, 5.74) is 3.05. The van der Waals surface area contributed by atoms with Crippen molar-refractivity contribution in [2.75, 3.05) is 0 Å². The molecule has 0 unspecified atom stereocenters. The van der Waals surface area contributed by atoms with Gasteiger partial charge in [0.2, 0.25) is 0 Å². The predicted molar refractivity (Wildman–Crippen MR) is 87.3 cm³/mol. The van der Waals surface area contributed by atoms with E-state index >= 15 is 0 Å². The van der Waals surface area contributed by atoms with Gasteiger partial charge in [-0.1, -0.05) is 12.1 Å². The van der Waals surface area contributed by atoms with E-state index in [1.807, 2.05) is 0 Å². The van der Waals surface area contributed by atoms with Gasteiger partial charge >= 0.3 is 0 Å². The van der Waals surface area contributed by atoms with Crippen LogP contribution in [0.25, 0.3) is 11.3 Å². The maximum Gasteiger partial charge on any atom is 0.271 e. The van der Waals surface area contributed by atoms with Crippen molar-refractivity contribution >= 4 is 12.1 Å². The standard InChI is InChI=1S/C18H13FN2O3/c19-16-4-2-1-3-15(16)17-10-9-14(24-17)11-20-21-18(23)12-5-7-13(22)8-6-12/h1-11,22H,(H,21,23)/b20-11-. The maximum atomic E-state index is 13.7. The van der Waals surface area contributed by atoms with E-state index in [4.69, 9.17) is 4.42 Å². The number of nitrogens with zero attached hydrogens (tertiary/aromatic N) is 1. The number of halogens is 1. The summed E-state index contributed by atoms with van der Waals surface area (Å²) in [7, 11) is 0. The van der Waals surface area contributed by atoms with Gasteiger partial charge in [0.25, 0.3) is 5.91 Å². The van der Waals surface area contributed by atoms with Crippen LogP contribution in [0, 0.1) is 5.82 Å². The Kier molecular flexibility index (Phi) is 4.38. The van der Waals surface area contributed by atoms with E-state index in [0.29, 0.717) is 22.6 Å². The van der Waals surface area contributed by atoms with Gasteiger partial charge in [0.15, 0.2) is 0 Å². The summed E-state index contributed by atoms with van der Waals surface area (Å²) in [5.74, 6) is 0.0214. The first-order valence-electron chi connectivity index (χ1n) is 7.10. The fourth-order valence-electron chi connectivity index (χ4n) is 2.06. The lowest BCUT2D eigenvalue weighted by molar-refractivity contribution is 0.0955. The summed E-state index contributed by atoms with van der Waals surface area (Å²) < 4.78 is 19.2. The molecule has 0 bridgehead atoms. The molecule has 0 saturated heterocycles. The number of phenolic OH excluding ortho intramolecular Hbond substituents is 1. The van der Waals surface area contributed by atoms with Crippen molar-refractivity contribution in [3.8, 4) is 17.1 Å². The third kappa shape index (κ3) is 3.49. The van der Waals surface area contributed by atoms with Crippen LogP contribution in [0.1, 0.15) is 16.1 Å². The molecule has 6 heteroatoms. The summed E-state index contributed by atoms with van der Waals surface area (Å²) in [5, 5.41) is 13.0. The normalized spacial score (nSPS) is 10.9. The highest BCUT2D eigenvalue weighted by Gasteiger charge is 2.08. The monoisotopic (exact) mass is 324 g/mol. The third-order valence-corrected chi connectivity index (χ3v) is 3.25.